The number of pyridine rings is 1. The fourth-order valence-electron chi connectivity index (χ4n) is 1.62. The molecule has 2 rings (SSSR count). The van der Waals surface area contributed by atoms with Crippen molar-refractivity contribution < 1.29 is 9.90 Å². The van der Waals surface area contributed by atoms with Crippen molar-refractivity contribution in [1.29, 1.82) is 0 Å². The van der Waals surface area contributed by atoms with Crippen LogP contribution in [0.25, 0.3) is 0 Å². The van der Waals surface area contributed by atoms with Gasteiger partial charge in [-0.2, -0.15) is 0 Å². The SMILES string of the molecule is CC.O=C(O)Cc1ccc(NCc2ccncc2)cc1. The predicted octanol–water partition coefficient (Wildman–Crippen LogP) is 3.35. The minimum Gasteiger partial charge on any atom is -0.481 e. The molecule has 0 aliphatic heterocycles. The van der Waals surface area contributed by atoms with E-state index in [1.54, 1.807) is 12.4 Å². The summed E-state index contributed by atoms with van der Waals surface area (Å²) in [6.45, 7) is 4.72. The summed E-state index contributed by atoms with van der Waals surface area (Å²) < 4.78 is 0. The maximum atomic E-state index is 10.5. The standard InChI is InChI=1S/C14H14N2O2.C2H6/c17-14(18)9-11-1-3-13(4-2-11)16-10-12-5-7-15-8-6-12;1-2/h1-8,16H,9-10H2,(H,17,18);1-2H3. The molecule has 0 aliphatic carbocycles. The molecular weight excluding hydrogens is 252 g/mol. The van der Waals surface area contributed by atoms with Crippen molar-refractivity contribution in [2.24, 2.45) is 0 Å². The molecule has 0 saturated heterocycles. The van der Waals surface area contributed by atoms with Crippen molar-refractivity contribution in [2.75, 3.05) is 5.32 Å². The molecule has 1 aromatic carbocycles. The molecule has 1 aromatic heterocycles. The molecule has 20 heavy (non-hydrogen) atoms. The number of aromatic nitrogens is 1. The number of nitrogens with zero attached hydrogens (tertiary/aromatic N) is 1. The molecule has 0 atom stereocenters. The second-order valence-corrected chi connectivity index (χ2v) is 3.98. The van der Waals surface area contributed by atoms with Crippen molar-refractivity contribution in [1.82, 2.24) is 4.98 Å². The zero-order valence-electron chi connectivity index (χ0n) is 11.8. The van der Waals surface area contributed by atoms with Crippen LogP contribution < -0.4 is 5.32 Å². The average Bonchev–Trinajstić information content (AvgIpc) is 2.49. The molecule has 4 heteroatoms. The number of hydrogen-bond donors (Lipinski definition) is 2. The third-order valence-electron chi connectivity index (χ3n) is 2.56. The molecule has 106 valence electrons. The summed E-state index contributed by atoms with van der Waals surface area (Å²) in [7, 11) is 0. The molecule has 0 bridgehead atoms. The summed E-state index contributed by atoms with van der Waals surface area (Å²) in [5.41, 5.74) is 2.93. The normalized spacial score (nSPS) is 9.30. The first-order valence-electron chi connectivity index (χ1n) is 6.67. The molecule has 0 unspecified atom stereocenters. The summed E-state index contributed by atoms with van der Waals surface area (Å²) >= 11 is 0. The lowest BCUT2D eigenvalue weighted by molar-refractivity contribution is -0.136. The molecular formula is C16H20N2O2. The van der Waals surface area contributed by atoms with Gasteiger partial charge < -0.3 is 10.4 Å². The average molecular weight is 272 g/mol. The maximum absolute atomic E-state index is 10.5. The number of hydrogen-bond acceptors (Lipinski definition) is 3. The van der Waals surface area contributed by atoms with Gasteiger partial charge in [0, 0.05) is 24.6 Å². The van der Waals surface area contributed by atoms with Gasteiger partial charge in [0.2, 0.25) is 0 Å². The second-order valence-electron chi connectivity index (χ2n) is 3.98. The van der Waals surface area contributed by atoms with E-state index in [2.05, 4.69) is 10.3 Å². The second kappa shape index (κ2) is 8.69. The fourth-order valence-corrected chi connectivity index (χ4v) is 1.62. The third-order valence-corrected chi connectivity index (χ3v) is 2.56. The minimum atomic E-state index is -0.813. The van der Waals surface area contributed by atoms with Gasteiger partial charge in [0.05, 0.1) is 6.42 Å². The smallest absolute Gasteiger partial charge is 0.307 e. The van der Waals surface area contributed by atoms with Crippen LogP contribution in [0, 0.1) is 0 Å². The van der Waals surface area contributed by atoms with E-state index in [4.69, 9.17) is 5.11 Å². The minimum absolute atomic E-state index is 0.0602. The van der Waals surface area contributed by atoms with Crippen LogP contribution in [-0.4, -0.2) is 16.1 Å². The molecule has 2 aromatic rings. The molecule has 0 radical (unpaired) electrons. The van der Waals surface area contributed by atoms with E-state index in [-0.39, 0.29) is 6.42 Å². The highest BCUT2D eigenvalue weighted by Crippen LogP contribution is 2.11. The Bertz CT molecular complexity index is 510. The van der Waals surface area contributed by atoms with Gasteiger partial charge in [0.1, 0.15) is 0 Å². The molecule has 0 aliphatic rings. The first kappa shape index (κ1) is 15.7. The first-order chi connectivity index (χ1) is 9.74. The number of benzene rings is 1. The van der Waals surface area contributed by atoms with Gasteiger partial charge in [0.15, 0.2) is 0 Å². The Morgan fingerprint density at radius 3 is 2.20 bits per heavy atom. The van der Waals surface area contributed by atoms with E-state index in [9.17, 15) is 4.79 Å². The predicted molar refractivity (Wildman–Crippen MR) is 80.7 cm³/mol. The first-order valence-corrected chi connectivity index (χ1v) is 6.67. The van der Waals surface area contributed by atoms with Crippen LogP contribution in [0.5, 0.6) is 0 Å². The Labute approximate surface area is 119 Å². The van der Waals surface area contributed by atoms with Crippen LogP contribution in [0.15, 0.2) is 48.8 Å². The third kappa shape index (κ3) is 5.52. The highest BCUT2D eigenvalue weighted by atomic mass is 16.4. The number of aliphatic carboxylic acids is 1. The van der Waals surface area contributed by atoms with Gasteiger partial charge in [-0.1, -0.05) is 26.0 Å². The summed E-state index contributed by atoms with van der Waals surface area (Å²) in [5, 5.41) is 11.9. The quantitative estimate of drug-likeness (QED) is 0.876. The van der Waals surface area contributed by atoms with Crippen LogP contribution in [-0.2, 0) is 17.8 Å². The monoisotopic (exact) mass is 272 g/mol. The van der Waals surface area contributed by atoms with Gasteiger partial charge in [-0.25, -0.2) is 0 Å². The van der Waals surface area contributed by atoms with E-state index in [1.807, 2.05) is 50.2 Å². The van der Waals surface area contributed by atoms with Gasteiger partial charge in [-0.3, -0.25) is 9.78 Å². The topological polar surface area (TPSA) is 62.2 Å². The molecule has 4 nitrogen and oxygen atoms in total. The summed E-state index contributed by atoms with van der Waals surface area (Å²) in [6.07, 6.45) is 3.57. The van der Waals surface area contributed by atoms with Gasteiger partial charge in [-0.15, -0.1) is 0 Å². The Kier molecular flexibility index (Phi) is 6.82. The van der Waals surface area contributed by atoms with E-state index in [0.29, 0.717) is 0 Å². The molecule has 0 fully saturated rings. The van der Waals surface area contributed by atoms with Crippen molar-refractivity contribution >= 4 is 11.7 Å². The highest BCUT2D eigenvalue weighted by Gasteiger charge is 2.00. The summed E-state index contributed by atoms with van der Waals surface area (Å²) in [5.74, 6) is -0.813. The lowest BCUT2D eigenvalue weighted by atomic mass is 10.1. The Morgan fingerprint density at radius 2 is 1.65 bits per heavy atom. The molecule has 2 N–H and O–H groups in total. The van der Waals surface area contributed by atoms with E-state index in [1.165, 1.54) is 0 Å². The Hall–Kier alpha value is -2.36. The van der Waals surface area contributed by atoms with E-state index in [0.717, 1.165) is 23.4 Å². The van der Waals surface area contributed by atoms with Crippen LogP contribution in [0.2, 0.25) is 0 Å². The van der Waals surface area contributed by atoms with E-state index < -0.39 is 5.97 Å². The number of carboxylic acids is 1. The van der Waals surface area contributed by atoms with Crippen LogP contribution in [0.4, 0.5) is 5.69 Å². The highest BCUT2D eigenvalue weighted by molar-refractivity contribution is 5.70. The summed E-state index contributed by atoms with van der Waals surface area (Å²) in [6, 6.07) is 11.3. The van der Waals surface area contributed by atoms with Crippen molar-refractivity contribution in [3.05, 3.63) is 59.9 Å². The lowest BCUT2D eigenvalue weighted by Crippen LogP contribution is -2.01. The van der Waals surface area contributed by atoms with Gasteiger partial charge in [-0.05, 0) is 35.4 Å². The largest absolute Gasteiger partial charge is 0.481 e. The molecule has 0 spiro atoms. The number of nitrogens with one attached hydrogen (secondary N) is 1. The van der Waals surface area contributed by atoms with Crippen LogP contribution in [0.1, 0.15) is 25.0 Å². The van der Waals surface area contributed by atoms with Crippen LogP contribution in [0.3, 0.4) is 0 Å². The van der Waals surface area contributed by atoms with Crippen molar-refractivity contribution in [2.45, 2.75) is 26.8 Å². The van der Waals surface area contributed by atoms with E-state index >= 15 is 0 Å². The number of rotatable bonds is 5. The number of carboxylic acid groups (broad SMARTS) is 1. The van der Waals surface area contributed by atoms with Crippen LogP contribution >= 0.6 is 0 Å². The Morgan fingerprint density at radius 1 is 1.05 bits per heavy atom. The fraction of sp³-hybridized carbons (Fsp3) is 0.250. The summed E-state index contributed by atoms with van der Waals surface area (Å²) in [4.78, 5) is 14.5. The molecule has 0 amide bonds. The van der Waals surface area contributed by atoms with Crippen molar-refractivity contribution in [3.8, 4) is 0 Å². The number of anilines is 1. The maximum Gasteiger partial charge on any atom is 0.307 e. The molecule has 1 heterocycles. The van der Waals surface area contributed by atoms with Crippen molar-refractivity contribution in [3.63, 3.8) is 0 Å². The zero-order valence-corrected chi connectivity index (χ0v) is 11.8. The lowest BCUT2D eigenvalue weighted by Gasteiger charge is -2.06. The van der Waals surface area contributed by atoms with Gasteiger partial charge >= 0.3 is 5.97 Å². The molecule has 0 saturated carbocycles. The number of carbonyl (C=O) groups is 1. The van der Waals surface area contributed by atoms with Gasteiger partial charge in [0.25, 0.3) is 0 Å². The zero-order chi connectivity index (χ0) is 14.8. The Balaban J connectivity index is 0.000000956.